The van der Waals surface area contributed by atoms with Crippen LogP contribution in [-0.4, -0.2) is 24.2 Å². The zero-order valence-corrected chi connectivity index (χ0v) is 10.7. The van der Waals surface area contributed by atoms with Crippen molar-refractivity contribution in [3.05, 3.63) is 60.2 Å². The highest BCUT2D eigenvalue weighted by Gasteiger charge is 1.86. The molecule has 0 N–H and O–H groups in total. The van der Waals surface area contributed by atoms with Crippen molar-refractivity contribution in [3.63, 3.8) is 0 Å². The van der Waals surface area contributed by atoms with Gasteiger partial charge in [-0.2, -0.15) is 0 Å². The Balaban J connectivity index is 0.000000180. The largest absolute Gasteiger partial charge is 0.380 e. The molecule has 0 unspecified atom stereocenters. The Morgan fingerprint density at radius 2 is 1.50 bits per heavy atom. The standard InChI is InChI=1S/2C7H9NO/c1-9-6-7-2-4-8-5-3-7;1-9-6-7-3-2-4-8-5-7/h2*2-5H,6H2,1H3. The van der Waals surface area contributed by atoms with Crippen LogP contribution < -0.4 is 0 Å². The van der Waals surface area contributed by atoms with Gasteiger partial charge in [-0.3, -0.25) is 9.97 Å². The van der Waals surface area contributed by atoms with Gasteiger partial charge in [0.2, 0.25) is 0 Å². The molecule has 0 spiro atoms. The van der Waals surface area contributed by atoms with Crippen LogP contribution in [-0.2, 0) is 22.7 Å². The third-order valence-corrected chi connectivity index (χ3v) is 2.09. The van der Waals surface area contributed by atoms with E-state index in [1.807, 2.05) is 24.3 Å². The molecular formula is C14H18N2O2. The summed E-state index contributed by atoms with van der Waals surface area (Å²) >= 11 is 0. The second kappa shape index (κ2) is 9.27. The lowest BCUT2D eigenvalue weighted by Gasteiger charge is -1.94. The monoisotopic (exact) mass is 246 g/mol. The quantitative estimate of drug-likeness (QED) is 0.831. The first-order valence-electron chi connectivity index (χ1n) is 5.62. The molecule has 0 aromatic carbocycles. The maximum absolute atomic E-state index is 4.90. The maximum atomic E-state index is 4.90. The predicted octanol–water partition coefficient (Wildman–Crippen LogP) is 2.46. The summed E-state index contributed by atoms with van der Waals surface area (Å²) in [6.07, 6.45) is 7.06. The first-order valence-corrected chi connectivity index (χ1v) is 5.62. The number of pyridine rings is 2. The number of hydrogen-bond acceptors (Lipinski definition) is 4. The summed E-state index contributed by atoms with van der Waals surface area (Å²) < 4.78 is 9.79. The highest BCUT2D eigenvalue weighted by Crippen LogP contribution is 1.96. The topological polar surface area (TPSA) is 44.2 Å². The number of aromatic nitrogens is 2. The van der Waals surface area contributed by atoms with E-state index >= 15 is 0 Å². The first-order chi connectivity index (χ1) is 8.86. The van der Waals surface area contributed by atoms with Gasteiger partial charge in [0.05, 0.1) is 13.2 Å². The Morgan fingerprint density at radius 3 is 2.06 bits per heavy atom. The zero-order chi connectivity index (χ0) is 13.1. The molecule has 0 amide bonds. The molecule has 0 aliphatic rings. The summed E-state index contributed by atoms with van der Waals surface area (Å²) in [7, 11) is 3.35. The van der Waals surface area contributed by atoms with Crippen LogP contribution in [0.1, 0.15) is 11.1 Å². The van der Waals surface area contributed by atoms with Crippen LogP contribution in [0.3, 0.4) is 0 Å². The minimum Gasteiger partial charge on any atom is -0.380 e. The van der Waals surface area contributed by atoms with E-state index in [1.54, 1.807) is 39.0 Å². The van der Waals surface area contributed by atoms with Gasteiger partial charge in [-0.15, -0.1) is 0 Å². The minimum atomic E-state index is 0.647. The van der Waals surface area contributed by atoms with Crippen LogP contribution in [0.4, 0.5) is 0 Å². The van der Waals surface area contributed by atoms with Gasteiger partial charge in [0, 0.05) is 39.0 Å². The van der Waals surface area contributed by atoms with Gasteiger partial charge in [0.1, 0.15) is 0 Å². The fraction of sp³-hybridized carbons (Fsp3) is 0.286. The van der Waals surface area contributed by atoms with Crippen molar-refractivity contribution in [3.8, 4) is 0 Å². The zero-order valence-electron chi connectivity index (χ0n) is 10.7. The Kier molecular flexibility index (Phi) is 7.36. The van der Waals surface area contributed by atoms with Gasteiger partial charge in [-0.05, 0) is 29.3 Å². The Morgan fingerprint density at radius 1 is 0.833 bits per heavy atom. The van der Waals surface area contributed by atoms with Crippen molar-refractivity contribution in [2.45, 2.75) is 13.2 Å². The fourth-order valence-corrected chi connectivity index (χ4v) is 1.30. The van der Waals surface area contributed by atoms with E-state index in [9.17, 15) is 0 Å². The molecule has 4 heteroatoms. The van der Waals surface area contributed by atoms with E-state index in [0.717, 1.165) is 11.1 Å². The van der Waals surface area contributed by atoms with Crippen molar-refractivity contribution in [2.24, 2.45) is 0 Å². The molecule has 18 heavy (non-hydrogen) atoms. The van der Waals surface area contributed by atoms with Crippen LogP contribution in [0.5, 0.6) is 0 Å². The lowest BCUT2D eigenvalue weighted by Crippen LogP contribution is -1.86. The van der Waals surface area contributed by atoms with E-state index < -0.39 is 0 Å². The molecular weight excluding hydrogens is 228 g/mol. The lowest BCUT2D eigenvalue weighted by molar-refractivity contribution is 0.184. The number of hydrogen-bond donors (Lipinski definition) is 0. The average molecular weight is 246 g/mol. The normalized spacial score (nSPS) is 9.44. The highest BCUT2D eigenvalue weighted by atomic mass is 16.5. The molecule has 0 radical (unpaired) electrons. The van der Waals surface area contributed by atoms with Crippen LogP contribution in [0.25, 0.3) is 0 Å². The first kappa shape index (κ1) is 14.3. The number of ether oxygens (including phenoxy) is 2. The lowest BCUT2D eigenvalue weighted by atomic mass is 10.3. The summed E-state index contributed by atoms with van der Waals surface area (Å²) in [5.41, 5.74) is 2.27. The molecule has 0 fully saturated rings. The van der Waals surface area contributed by atoms with Crippen LogP contribution in [0, 0.1) is 0 Å². The van der Waals surface area contributed by atoms with E-state index in [1.165, 1.54) is 0 Å². The molecule has 2 aromatic rings. The third-order valence-electron chi connectivity index (χ3n) is 2.09. The Hall–Kier alpha value is -1.78. The van der Waals surface area contributed by atoms with Crippen molar-refractivity contribution in [1.82, 2.24) is 9.97 Å². The smallest absolute Gasteiger partial charge is 0.0728 e. The van der Waals surface area contributed by atoms with E-state index in [0.29, 0.717) is 13.2 Å². The van der Waals surface area contributed by atoms with Crippen LogP contribution in [0.2, 0.25) is 0 Å². The summed E-state index contributed by atoms with van der Waals surface area (Å²) in [4.78, 5) is 7.80. The van der Waals surface area contributed by atoms with E-state index in [-0.39, 0.29) is 0 Å². The van der Waals surface area contributed by atoms with Gasteiger partial charge < -0.3 is 9.47 Å². The molecule has 0 aliphatic carbocycles. The molecule has 2 rings (SSSR count). The Bertz CT molecular complexity index is 365. The summed E-state index contributed by atoms with van der Waals surface area (Å²) in [5.74, 6) is 0. The second-order valence-electron chi connectivity index (χ2n) is 3.58. The molecule has 0 aliphatic heterocycles. The number of methoxy groups -OCH3 is 2. The SMILES string of the molecule is COCc1cccnc1.COCc1ccncc1. The molecule has 0 bridgehead atoms. The molecule has 0 saturated carbocycles. The van der Waals surface area contributed by atoms with Crippen LogP contribution >= 0.6 is 0 Å². The molecule has 2 aromatic heterocycles. The van der Waals surface area contributed by atoms with Gasteiger partial charge in [0.15, 0.2) is 0 Å². The fourth-order valence-electron chi connectivity index (χ4n) is 1.30. The van der Waals surface area contributed by atoms with Crippen molar-refractivity contribution in [2.75, 3.05) is 14.2 Å². The third kappa shape index (κ3) is 6.08. The molecule has 0 saturated heterocycles. The van der Waals surface area contributed by atoms with Gasteiger partial charge in [-0.1, -0.05) is 6.07 Å². The van der Waals surface area contributed by atoms with Crippen molar-refractivity contribution >= 4 is 0 Å². The number of nitrogens with zero attached hydrogens (tertiary/aromatic N) is 2. The molecule has 0 atom stereocenters. The highest BCUT2D eigenvalue weighted by molar-refractivity contribution is 5.07. The maximum Gasteiger partial charge on any atom is 0.0728 e. The van der Waals surface area contributed by atoms with E-state index in [4.69, 9.17) is 9.47 Å². The van der Waals surface area contributed by atoms with Gasteiger partial charge in [0.25, 0.3) is 0 Å². The average Bonchev–Trinajstić information content (AvgIpc) is 2.43. The summed E-state index contributed by atoms with van der Waals surface area (Å²) in [6, 6.07) is 7.75. The Labute approximate surface area is 108 Å². The molecule has 4 nitrogen and oxygen atoms in total. The summed E-state index contributed by atoms with van der Waals surface area (Å²) in [5, 5.41) is 0. The second-order valence-corrected chi connectivity index (χ2v) is 3.58. The predicted molar refractivity (Wildman–Crippen MR) is 69.9 cm³/mol. The number of rotatable bonds is 4. The van der Waals surface area contributed by atoms with Crippen LogP contribution in [0.15, 0.2) is 49.1 Å². The van der Waals surface area contributed by atoms with Gasteiger partial charge >= 0.3 is 0 Å². The van der Waals surface area contributed by atoms with E-state index in [2.05, 4.69) is 9.97 Å². The molecule has 2 heterocycles. The van der Waals surface area contributed by atoms with Crippen molar-refractivity contribution in [1.29, 1.82) is 0 Å². The summed E-state index contributed by atoms with van der Waals surface area (Å²) in [6.45, 7) is 1.32. The van der Waals surface area contributed by atoms with Crippen molar-refractivity contribution < 1.29 is 9.47 Å². The molecule has 96 valence electrons. The minimum absolute atomic E-state index is 0.647. The van der Waals surface area contributed by atoms with Gasteiger partial charge in [-0.25, -0.2) is 0 Å².